The molecule has 2 N–H and O–H groups in total. The summed E-state index contributed by atoms with van der Waals surface area (Å²) in [6.07, 6.45) is 3.31. The van der Waals surface area contributed by atoms with Gasteiger partial charge in [0.05, 0.1) is 7.11 Å². The minimum Gasteiger partial charge on any atom is -0.493 e. The number of carbonyl (C=O) groups excluding carboxylic acids is 1. The third-order valence-corrected chi connectivity index (χ3v) is 3.80. The highest BCUT2D eigenvalue weighted by Gasteiger charge is 2.19. The van der Waals surface area contributed by atoms with Gasteiger partial charge in [0, 0.05) is 36.3 Å². The minimum absolute atomic E-state index is 0.00493. The molecule has 21 heavy (non-hydrogen) atoms. The number of halogens is 1. The zero-order valence-electron chi connectivity index (χ0n) is 12.2. The normalized spacial score (nSPS) is 14.9. The average molecular weight is 313 g/mol. The molecule has 0 aromatic heterocycles. The lowest BCUT2D eigenvalue weighted by molar-refractivity contribution is -0.134. The van der Waals surface area contributed by atoms with Gasteiger partial charge >= 0.3 is 0 Å². The second-order valence-corrected chi connectivity index (χ2v) is 5.47. The average Bonchev–Trinajstić information content (AvgIpc) is 2.53. The Morgan fingerprint density at radius 1 is 1.33 bits per heavy atom. The summed E-state index contributed by atoms with van der Waals surface area (Å²) in [5, 5.41) is 0.530. The molecule has 1 saturated heterocycles. The van der Waals surface area contributed by atoms with Crippen molar-refractivity contribution in [2.75, 3.05) is 26.8 Å². The summed E-state index contributed by atoms with van der Waals surface area (Å²) in [4.78, 5) is 14.0. The van der Waals surface area contributed by atoms with Gasteiger partial charge in [-0.15, -0.1) is 0 Å². The number of hydrogen-bond acceptors (Lipinski definition) is 4. The molecule has 2 rings (SSSR count). The van der Waals surface area contributed by atoms with Gasteiger partial charge in [0.15, 0.2) is 18.1 Å². The van der Waals surface area contributed by atoms with Crippen LogP contribution in [0, 0.1) is 0 Å². The van der Waals surface area contributed by atoms with Crippen LogP contribution in [0.25, 0.3) is 0 Å². The van der Waals surface area contributed by atoms with Crippen molar-refractivity contribution in [3.05, 3.63) is 22.7 Å². The van der Waals surface area contributed by atoms with Crippen LogP contribution >= 0.6 is 11.6 Å². The van der Waals surface area contributed by atoms with Crippen LogP contribution in [0.2, 0.25) is 5.02 Å². The van der Waals surface area contributed by atoms with E-state index in [0.717, 1.165) is 31.5 Å². The lowest BCUT2D eigenvalue weighted by Crippen LogP contribution is -2.38. The number of amides is 1. The highest BCUT2D eigenvalue weighted by atomic mass is 35.5. The highest BCUT2D eigenvalue weighted by molar-refractivity contribution is 6.30. The Morgan fingerprint density at radius 2 is 2.05 bits per heavy atom. The summed E-state index contributed by atoms with van der Waals surface area (Å²) in [6, 6.07) is 3.38. The fourth-order valence-electron chi connectivity index (χ4n) is 2.46. The maximum absolute atomic E-state index is 12.1. The van der Waals surface area contributed by atoms with Crippen LogP contribution < -0.4 is 15.2 Å². The molecule has 1 aliphatic rings. The van der Waals surface area contributed by atoms with E-state index in [1.54, 1.807) is 12.1 Å². The molecule has 0 radical (unpaired) electrons. The van der Waals surface area contributed by atoms with Crippen molar-refractivity contribution in [2.45, 2.75) is 25.8 Å². The molecule has 0 atom stereocenters. The molecule has 1 aromatic rings. The van der Waals surface area contributed by atoms with Crippen LogP contribution in [0.1, 0.15) is 24.8 Å². The molecule has 6 heteroatoms. The van der Waals surface area contributed by atoms with Crippen molar-refractivity contribution >= 4 is 17.5 Å². The van der Waals surface area contributed by atoms with E-state index in [0.29, 0.717) is 16.5 Å². The number of benzene rings is 1. The smallest absolute Gasteiger partial charge is 0.260 e. The molecule has 116 valence electrons. The number of rotatable bonds is 5. The van der Waals surface area contributed by atoms with Gasteiger partial charge in [0.1, 0.15) is 0 Å². The fraction of sp³-hybridized carbons (Fsp3) is 0.533. The van der Waals surface area contributed by atoms with Crippen molar-refractivity contribution < 1.29 is 14.3 Å². The SMILES string of the molecule is COc1cc(Cl)cc(CN)c1OCC(=O)N1CCCCC1. The number of likely N-dealkylation sites (tertiary alicyclic amines) is 1. The van der Waals surface area contributed by atoms with E-state index < -0.39 is 0 Å². The Bertz CT molecular complexity index is 477. The van der Waals surface area contributed by atoms with Crippen molar-refractivity contribution in [3.8, 4) is 11.5 Å². The van der Waals surface area contributed by atoms with E-state index in [1.807, 2.05) is 4.90 Å². The van der Waals surface area contributed by atoms with E-state index in [1.165, 1.54) is 13.5 Å². The van der Waals surface area contributed by atoms with E-state index in [9.17, 15) is 4.79 Å². The highest BCUT2D eigenvalue weighted by Crippen LogP contribution is 2.34. The summed E-state index contributed by atoms with van der Waals surface area (Å²) in [5.74, 6) is 0.985. The zero-order chi connectivity index (χ0) is 15.2. The lowest BCUT2D eigenvalue weighted by Gasteiger charge is -2.27. The molecule has 0 saturated carbocycles. The van der Waals surface area contributed by atoms with Gasteiger partial charge in [0.25, 0.3) is 5.91 Å². The van der Waals surface area contributed by atoms with Crippen LogP contribution in [0.15, 0.2) is 12.1 Å². The van der Waals surface area contributed by atoms with Crippen molar-refractivity contribution in [1.29, 1.82) is 0 Å². The maximum Gasteiger partial charge on any atom is 0.260 e. The van der Waals surface area contributed by atoms with Gasteiger partial charge in [-0.1, -0.05) is 11.6 Å². The Morgan fingerprint density at radius 3 is 2.67 bits per heavy atom. The van der Waals surface area contributed by atoms with Gasteiger partial charge in [-0.2, -0.15) is 0 Å². The third kappa shape index (κ3) is 4.02. The van der Waals surface area contributed by atoms with Gasteiger partial charge in [-0.05, 0) is 25.3 Å². The number of nitrogens with zero attached hydrogens (tertiary/aromatic N) is 1. The summed E-state index contributed by atoms with van der Waals surface area (Å²) < 4.78 is 10.9. The topological polar surface area (TPSA) is 64.8 Å². The van der Waals surface area contributed by atoms with Crippen LogP contribution in [-0.4, -0.2) is 37.6 Å². The largest absolute Gasteiger partial charge is 0.493 e. The van der Waals surface area contributed by atoms with Crippen molar-refractivity contribution in [3.63, 3.8) is 0 Å². The molecular formula is C15H21ClN2O3. The van der Waals surface area contributed by atoms with E-state index in [4.69, 9.17) is 26.8 Å². The molecule has 0 unspecified atom stereocenters. The number of methoxy groups -OCH3 is 1. The fourth-order valence-corrected chi connectivity index (χ4v) is 2.69. The molecule has 5 nitrogen and oxygen atoms in total. The van der Waals surface area contributed by atoms with Gasteiger partial charge in [0.2, 0.25) is 0 Å². The summed E-state index contributed by atoms with van der Waals surface area (Å²) in [7, 11) is 1.53. The predicted molar refractivity (Wildman–Crippen MR) is 81.8 cm³/mol. The van der Waals surface area contributed by atoms with Gasteiger partial charge < -0.3 is 20.1 Å². The monoisotopic (exact) mass is 312 g/mol. The number of piperidine rings is 1. The minimum atomic E-state index is -0.00894. The number of ether oxygens (including phenoxy) is 2. The second kappa shape index (κ2) is 7.52. The lowest BCUT2D eigenvalue weighted by atomic mass is 10.1. The Labute approximate surface area is 130 Å². The Kier molecular flexibility index (Phi) is 5.70. The molecule has 1 fully saturated rings. The second-order valence-electron chi connectivity index (χ2n) is 5.03. The quantitative estimate of drug-likeness (QED) is 0.905. The molecule has 0 spiro atoms. The summed E-state index contributed by atoms with van der Waals surface area (Å²) in [6.45, 7) is 1.88. The van der Waals surface area contributed by atoms with Crippen LogP contribution in [-0.2, 0) is 11.3 Å². The first-order valence-corrected chi connectivity index (χ1v) is 7.50. The molecule has 0 bridgehead atoms. The van der Waals surface area contributed by atoms with Gasteiger partial charge in [-0.25, -0.2) is 0 Å². The molecule has 1 aromatic carbocycles. The predicted octanol–water partition coefficient (Wildman–Crippen LogP) is 2.20. The Balaban J connectivity index is 2.06. The van der Waals surface area contributed by atoms with Crippen LogP contribution in [0.4, 0.5) is 0 Å². The van der Waals surface area contributed by atoms with Crippen molar-refractivity contribution in [2.24, 2.45) is 5.73 Å². The number of carbonyl (C=O) groups is 1. The van der Waals surface area contributed by atoms with Crippen LogP contribution in [0.5, 0.6) is 11.5 Å². The van der Waals surface area contributed by atoms with E-state index in [-0.39, 0.29) is 19.1 Å². The van der Waals surface area contributed by atoms with E-state index >= 15 is 0 Å². The van der Waals surface area contributed by atoms with E-state index in [2.05, 4.69) is 0 Å². The Hall–Kier alpha value is -1.46. The number of hydrogen-bond donors (Lipinski definition) is 1. The summed E-state index contributed by atoms with van der Waals surface area (Å²) >= 11 is 6.00. The molecule has 1 heterocycles. The third-order valence-electron chi connectivity index (χ3n) is 3.59. The standard InChI is InChI=1S/C15H21ClN2O3/c1-20-13-8-12(16)7-11(9-17)15(13)21-10-14(19)18-5-3-2-4-6-18/h7-8H,2-6,9-10,17H2,1H3. The first-order valence-electron chi connectivity index (χ1n) is 7.12. The molecule has 0 aliphatic carbocycles. The molecule has 1 aliphatic heterocycles. The molecular weight excluding hydrogens is 292 g/mol. The first kappa shape index (κ1) is 15.9. The summed E-state index contributed by atoms with van der Waals surface area (Å²) in [5.41, 5.74) is 6.43. The van der Waals surface area contributed by atoms with Gasteiger partial charge in [-0.3, -0.25) is 4.79 Å². The molecule has 1 amide bonds. The number of nitrogens with two attached hydrogens (primary N) is 1. The maximum atomic E-state index is 12.1. The zero-order valence-corrected chi connectivity index (χ0v) is 13.0. The first-order chi connectivity index (χ1) is 10.2. The van der Waals surface area contributed by atoms with Crippen molar-refractivity contribution in [1.82, 2.24) is 4.90 Å². The van der Waals surface area contributed by atoms with Crippen LogP contribution in [0.3, 0.4) is 0 Å².